The lowest BCUT2D eigenvalue weighted by Crippen LogP contribution is -2.43. The molecule has 0 saturated heterocycles. The molecule has 2 aliphatic carbocycles. The highest BCUT2D eigenvalue weighted by molar-refractivity contribution is 7.86. The first-order chi connectivity index (χ1) is 13.1. The van der Waals surface area contributed by atoms with Gasteiger partial charge in [-0.25, -0.2) is 0 Å². The van der Waals surface area contributed by atoms with Crippen LogP contribution in [-0.2, 0) is 25.1 Å². The van der Waals surface area contributed by atoms with Gasteiger partial charge in [0.15, 0.2) is 6.61 Å². The zero-order valence-corrected chi connectivity index (χ0v) is 16.6. The average molecular weight is 413 g/mol. The second kappa shape index (κ2) is 8.10. The van der Waals surface area contributed by atoms with Gasteiger partial charge in [-0.2, -0.15) is 8.42 Å². The fourth-order valence-electron chi connectivity index (χ4n) is 5.01. The Morgan fingerprint density at radius 1 is 1.21 bits per heavy atom. The van der Waals surface area contributed by atoms with Crippen LogP contribution >= 0.6 is 0 Å². The minimum atomic E-state index is -5.15. The van der Waals surface area contributed by atoms with Crippen molar-refractivity contribution in [1.82, 2.24) is 0 Å². The van der Waals surface area contributed by atoms with Gasteiger partial charge in [-0.3, -0.25) is 9.35 Å². The lowest BCUT2D eigenvalue weighted by Gasteiger charge is -2.49. The molecule has 3 N–H and O–H groups in total. The number of hydrogen-bond donors (Lipinski definition) is 3. The standard InChI is InChI=1S/C20H28O7S/c21-18(27-14-20(22,23)28(24,25)26)9-8-16-11-15-5-4-10-19(12-15,13-16)17-6-2-1-3-7-17/h1-3,6-7,15-16,22-23H,4-5,8-14H2,(H,24,25,26). The quantitative estimate of drug-likeness (QED) is 0.357. The van der Waals surface area contributed by atoms with Crippen LogP contribution in [0.2, 0.25) is 0 Å². The number of ether oxygens (including phenoxy) is 1. The van der Waals surface area contributed by atoms with Crippen molar-refractivity contribution >= 4 is 16.1 Å². The van der Waals surface area contributed by atoms with E-state index >= 15 is 0 Å². The Morgan fingerprint density at radius 2 is 1.93 bits per heavy atom. The average Bonchev–Trinajstić information content (AvgIpc) is 2.64. The van der Waals surface area contributed by atoms with Gasteiger partial charge in [-0.15, -0.1) is 0 Å². The summed E-state index contributed by atoms with van der Waals surface area (Å²) in [5, 5.41) is 15.0. The van der Waals surface area contributed by atoms with Crippen molar-refractivity contribution in [3.05, 3.63) is 35.9 Å². The first-order valence-corrected chi connectivity index (χ1v) is 11.2. The molecule has 2 fully saturated rings. The van der Waals surface area contributed by atoms with Crippen molar-refractivity contribution < 1.29 is 32.7 Å². The van der Waals surface area contributed by atoms with Gasteiger partial charge in [-0.05, 0) is 54.9 Å². The van der Waals surface area contributed by atoms with Crippen LogP contribution in [0, 0.1) is 11.8 Å². The Labute approximate surface area is 165 Å². The number of rotatable bonds is 7. The van der Waals surface area contributed by atoms with Crippen LogP contribution in [-0.4, -0.2) is 40.9 Å². The molecular weight excluding hydrogens is 384 g/mol. The first kappa shape index (κ1) is 21.2. The van der Waals surface area contributed by atoms with Crippen molar-refractivity contribution in [2.75, 3.05) is 6.61 Å². The van der Waals surface area contributed by atoms with Gasteiger partial charge >= 0.3 is 21.2 Å². The maximum Gasteiger partial charge on any atom is 0.330 e. The SMILES string of the molecule is O=C(CCC1CC2CCCC(c3ccccc3)(C2)C1)OCC(O)(O)S(=O)(=O)O. The van der Waals surface area contributed by atoms with Crippen LogP contribution in [0.25, 0.3) is 0 Å². The molecule has 2 bridgehead atoms. The van der Waals surface area contributed by atoms with Gasteiger partial charge in [0.2, 0.25) is 0 Å². The molecule has 8 heteroatoms. The molecule has 0 aromatic heterocycles. The summed E-state index contributed by atoms with van der Waals surface area (Å²) in [6.45, 7) is -1.22. The van der Waals surface area contributed by atoms with Gasteiger partial charge in [-0.1, -0.05) is 43.2 Å². The second-order valence-corrected chi connectivity index (χ2v) is 9.94. The maximum absolute atomic E-state index is 11.9. The minimum absolute atomic E-state index is 0.0732. The van der Waals surface area contributed by atoms with Crippen LogP contribution in [0.3, 0.4) is 0 Å². The predicted octanol–water partition coefficient (Wildman–Crippen LogP) is 2.37. The van der Waals surface area contributed by atoms with Crippen molar-refractivity contribution in [1.29, 1.82) is 0 Å². The Bertz CT molecular complexity index is 790. The summed E-state index contributed by atoms with van der Waals surface area (Å²) in [7, 11) is -5.15. The van der Waals surface area contributed by atoms with Crippen molar-refractivity contribution in [3.63, 3.8) is 0 Å². The summed E-state index contributed by atoms with van der Waals surface area (Å²) in [4.78, 5) is 11.9. The van der Waals surface area contributed by atoms with E-state index in [-0.39, 0.29) is 11.8 Å². The van der Waals surface area contributed by atoms with Gasteiger partial charge in [0.1, 0.15) is 0 Å². The molecule has 3 rings (SSSR count). The third kappa shape index (κ3) is 4.74. The van der Waals surface area contributed by atoms with Crippen LogP contribution in [0.1, 0.15) is 56.9 Å². The molecule has 3 unspecified atom stereocenters. The summed E-state index contributed by atoms with van der Waals surface area (Å²) < 4.78 is 35.0. The minimum Gasteiger partial charge on any atom is -0.459 e. The van der Waals surface area contributed by atoms with Crippen LogP contribution in [0.15, 0.2) is 30.3 Å². The van der Waals surface area contributed by atoms with Gasteiger partial charge in [0.25, 0.3) is 0 Å². The summed E-state index contributed by atoms with van der Waals surface area (Å²) in [6.07, 6.45) is 7.53. The molecule has 156 valence electrons. The molecule has 28 heavy (non-hydrogen) atoms. The normalized spacial score (nSPS) is 28.0. The first-order valence-electron chi connectivity index (χ1n) is 9.74. The van der Waals surface area contributed by atoms with Crippen LogP contribution in [0.5, 0.6) is 0 Å². The van der Waals surface area contributed by atoms with E-state index in [0.717, 1.165) is 19.3 Å². The van der Waals surface area contributed by atoms with Crippen molar-refractivity contribution in [2.45, 2.75) is 61.9 Å². The lowest BCUT2D eigenvalue weighted by molar-refractivity contribution is -0.167. The molecule has 1 aromatic carbocycles. The largest absolute Gasteiger partial charge is 0.459 e. The number of benzene rings is 1. The van der Waals surface area contributed by atoms with E-state index in [1.54, 1.807) is 0 Å². The van der Waals surface area contributed by atoms with E-state index in [1.807, 2.05) is 6.07 Å². The fraction of sp³-hybridized carbons (Fsp3) is 0.650. The molecule has 2 saturated carbocycles. The predicted molar refractivity (Wildman–Crippen MR) is 102 cm³/mol. The molecule has 0 radical (unpaired) electrons. The Hall–Kier alpha value is -1.48. The molecular formula is C20H28O7S. The number of hydrogen-bond acceptors (Lipinski definition) is 6. The van der Waals surface area contributed by atoms with E-state index in [2.05, 4.69) is 29.0 Å². The summed E-state index contributed by atoms with van der Waals surface area (Å²) >= 11 is 0. The Morgan fingerprint density at radius 3 is 2.61 bits per heavy atom. The van der Waals surface area contributed by atoms with E-state index in [0.29, 0.717) is 18.3 Å². The third-order valence-corrected chi connectivity index (χ3v) is 7.21. The zero-order chi connectivity index (χ0) is 20.4. The van der Waals surface area contributed by atoms with E-state index in [9.17, 15) is 23.4 Å². The number of carbonyl (C=O) groups excluding carboxylic acids is 1. The smallest absolute Gasteiger partial charge is 0.330 e. The van der Waals surface area contributed by atoms with Crippen LogP contribution in [0.4, 0.5) is 0 Å². The molecule has 3 atom stereocenters. The third-order valence-electron chi connectivity index (χ3n) is 6.27. The molecule has 0 aliphatic heterocycles. The molecule has 0 spiro atoms. The number of esters is 1. The van der Waals surface area contributed by atoms with Crippen molar-refractivity contribution in [2.24, 2.45) is 11.8 Å². The zero-order valence-electron chi connectivity index (χ0n) is 15.8. The molecule has 1 aromatic rings. The molecule has 0 amide bonds. The molecule has 7 nitrogen and oxygen atoms in total. The monoisotopic (exact) mass is 412 g/mol. The van der Waals surface area contributed by atoms with E-state index in [1.165, 1.54) is 24.8 Å². The van der Waals surface area contributed by atoms with E-state index < -0.39 is 27.8 Å². The van der Waals surface area contributed by atoms with Gasteiger partial charge < -0.3 is 14.9 Å². The van der Waals surface area contributed by atoms with Gasteiger partial charge in [0, 0.05) is 6.42 Å². The fourth-order valence-corrected chi connectivity index (χ4v) is 5.22. The summed E-state index contributed by atoms with van der Waals surface area (Å²) in [5.41, 5.74) is 1.53. The Kier molecular flexibility index (Phi) is 6.14. The summed E-state index contributed by atoms with van der Waals surface area (Å²) in [6, 6.07) is 10.5. The molecule has 0 heterocycles. The van der Waals surface area contributed by atoms with Gasteiger partial charge in [0.05, 0.1) is 0 Å². The maximum atomic E-state index is 11.9. The second-order valence-electron chi connectivity index (χ2n) is 8.33. The number of carbonyl (C=O) groups is 1. The highest BCUT2D eigenvalue weighted by atomic mass is 32.2. The Balaban J connectivity index is 1.57. The molecule has 2 aliphatic rings. The topological polar surface area (TPSA) is 121 Å². The van der Waals surface area contributed by atoms with E-state index in [4.69, 9.17) is 4.55 Å². The highest BCUT2D eigenvalue weighted by Crippen LogP contribution is 2.53. The van der Waals surface area contributed by atoms with Crippen molar-refractivity contribution in [3.8, 4) is 0 Å². The lowest BCUT2D eigenvalue weighted by atomic mass is 9.56. The summed E-state index contributed by atoms with van der Waals surface area (Å²) in [5.74, 6) is 0.299. The highest BCUT2D eigenvalue weighted by Gasteiger charge is 2.44. The van der Waals surface area contributed by atoms with Crippen LogP contribution < -0.4 is 0 Å². The number of aliphatic hydroxyl groups is 2. The number of fused-ring (bicyclic) bond motifs is 2.